The molecule has 1 saturated carbocycles. The van der Waals surface area contributed by atoms with E-state index in [1.807, 2.05) is 0 Å². The smallest absolute Gasteiger partial charge is 0.270 e. The molecule has 0 atom stereocenters. The van der Waals surface area contributed by atoms with Crippen molar-refractivity contribution in [1.82, 2.24) is 4.98 Å². The second kappa shape index (κ2) is 2.62. The van der Waals surface area contributed by atoms with E-state index in [1.54, 1.807) is 0 Å². The van der Waals surface area contributed by atoms with Crippen molar-refractivity contribution in [2.24, 2.45) is 5.73 Å². The van der Waals surface area contributed by atoms with Gasteiger partial charge in [0.25, 0.3) is 5.91 Å². The molecular weight excluding hydrogens is 156 g/mol. The molecule has 0 radical (unpaired) electrons. The molecule has 0 aromatic carbocycles. The first kappa shape index (κ1) is 7.34. The van der Waals surface area contributed by atoms with Gasteiger partial charge in [0.15, 0.2) is 11.6 Å². The van der Waals surface area contributed by atoms with Crippen LogP contribution in [-0.4, -0.2) is 10.9 Å². The van der Waals surface area contributed by atoms with Gasteiger partial charge in [0.1, 0.15) is 6.26 Å². The zero-order chi connectivity index (χ0) is 8.55. The molecule has 1 aromatic heterocycles. The van der Waals surface area contributed by atoms with Crippen LogP contribution in [-0.2, 0) is 0 Å². The molecule has 4 heteroatoms. The molecular formula is C8H10N2O2. The van der Waals surface area contributed by atoms with Gasteiger partial charge >= 0.3 is 0 Å². The zero-order valence-corrected chi connectivity index (χ0v) is 6.62. The third-order valence-electron chi connectivity index (χ3n) is 2.23. The average Bonchev–Trinajstić information content (AvgIpc) is 2.32. The number of oxazole rings is 1. The van der Waals surface area contributed by atoms with Gasteiger partial charge in [-0.05, 0) is 12.8 Å². The Kier molecular flexibility index (Phi) is 1.60. The van der Waals surface area contributed by atoms with Crippen molar-refractivity contribution in [3.63, 3.8) is 0 Å². The summed E-state index contributed by atoms with van der Waals surface area (Å²) in [6, 6.07) is 0. The van der Waals surface area contributed by atoms with Crippen LogP contribution >= 0.6 is 0 Å². The van der Waals surface area contributed by atoms with Crippen molar-refractivity contribution in [2.45, 2.75) is 25.2 Å². The van der Waals surface area contributed by atoms with Crippen LogP contribution in [0.5, 0.6) is 0 Å². The largest absolute Gasteiger partial charge is 0.448 e. The van der Waals surface area contributed by atoms with E-state index in [0.717, 1.165) is 12.8 Å². The maximum Gasteiger partial charge on any atom is 0.270 e. The Morgan fingerprint density at radius 2 is 2.42 bits per heavy atom. The van der Waals surface area contributed by atoms with Gasteiger partial charge < -0.3 is 10.2 Å². The van der Waals surface area contributed by atoms with Crippen LogP contribution in [0.15, 0.2) is 10.7 Å². The molecule has 1 aromatic rings. The molecule has 1 aliphatic carbocycles. The van der Waals surface area contributed by atoms with Crippen LogP contribution in [0.1, 0.15) is 41.6 Å². The molecule has 2 rings (SSSR count). The maximum atomic E-state index is 10.6. The van der Waals surface area contributed by atoms with Gasteiger partial charge in [-0.15, -0.1) is 0 Å². The van der Waals surface area contributed by atoms with Crippen LogP contribution in [0.2, 0.25) is 0 Å². The number of carbonyl (C=O) groups is 1. The van der Waals surface area contributed by atoms with Gasteiger partial charge in [-0.1, -0.05) is 6.42 Å². The van der Waals surface area contributed by atoms with Crippen molar-refractivity contribution in [1.29, 1.82) is 0 Å². The highest BCUT2D eigenvalue weighted by molar-refractivity contribution is 5.90. The van der Waals surface area contributed by atoms with Crippen molar-refractivity contribution in [3.8, 4) is 0 Å². The molecule has 1 fully saturated rings. The summed E-state index contributed by atoms with van der Waals surface area (Å²) < 4.78 is 5.12. The number of hydrogen-bond acceptors (Lipinski definition) is 3. The summed E-state index contributed by atoms with van der Waals surface area (Å²) in [5.74, 6) is 0.553. The van der Waals surface area contributed by atoms with Gasteiger partial charge in [-0.25, -0.2) is 4.98 Å². The predicted octanol–water partition coefficient (Wildman–Crippen LogP) is 1.04. The SMILES string of the molecule is NC(=O)c1coc(C2CCC2)n1. The molecule has 0 unspecified atom stereocenters. The summed E-state index contributed by atoms with van der Waals surface area (Å²) in [7, 11) is 0. The quantitative estimate of drug-likeness (QED) is 0.713. The second-order valence-corrected chi connectivity index (χ2v) is 3.06. The standard InChI is InChI=1S/C8H10N2O2/c9-7(11)6-4-12-8(10-6)5-2-1-3-5/h4-5H,1-3H2,(H2,9,11). The lowest BCUT2D eigenvalue weighted by atomic mass is 9.85. The molecule has 0 bridgehead atoms. The van der Waals surface area contributed by atoms with Crippen LogP contribution < -0.4 is 5.73 Å². The van der Waals surface area contributed by atoms with Crippen molar-refractivity contribution in [2.75, 3.05) is 0 Å². The Hall–Kier alpha value is -1.32. The second-order valence-electron chi connectivity index (χ2n) is 3.06. The van der Waals surface area contributed by atoms with E-state index in [-0.39, 0.29) is 5.69 Å². The summed E-state index contributed by atoms with van der Waals surface area (Å²) in [4.78, 5) is 14.6. The third-order valence-corrected chi connectivity index (χ3v) is 2.23. The van der Waals surface area contributed by atoms with E-state index in [0.29, 0.717) is 11.8 Å². The highest BCUT2D eigenvalue weighted by atomic mass is 16.3. The highest BCUT2D eigenvalue weighted by Crippen LogP contribution is 2.35. The summed E-state index contributed by atoms with van der Waals surface area (Å²) in [6.45, 7) is 0. The molecule has 1 heterocycles. The maximum absolute atomic E-state index is 10.6. The number of aromatic nitrogens is 1. The zero-order valence-electron chi connectivity index (χ0n) is 6.62. The molecule has 4 nitrogen and oxygen atoms in total. The topological polar surface area (TPSA) is 69.1 Å². The van der Waals surface area contributed by atoms with Crippen molar-refractivity contribution < 1.29 is 9.21 Å². The first-order valence-electron chi connectivity index (χ1n) is 4.02. The number of rotatable bonds is 2. The Morgan fingerprint density at radius 3 is 2.83 bits per heavy atom. The number of hydrogen-bond donors (Lipinski definition) is 1. The van der Waals surface area contributed by atoms with Crippen LogP contribution in [0.25, 0.3) is 0 Å². The van der Waals surface area contributed by atoms with E-state index in [2.05, 4.69) is 4.98 Å². The monoisotopic (exact) mass is 166 g/mol. The van der Waals surface area contributed by atoms with Crippen LogP contribution in [0.3, 0.4) is 0 Å². The Labute approximate surface area is 69.8 Å². The summed E-state index contributed by atoms with van der Waals surface area (Å²) >= 11 is 0. The highest BCUT2D eigenvalue weighted by Gasteiger charge is 2.24. The fourth-order valence-electron chi connectivity index (χ4n) is 1.24. The van der Waals surface area contributed by atoms with Gasteiger partial charge in [-0.3, -0.25) is 4.79 Å². The summed E-state index contributed by atoms with van der Waals surface area (Å²) in [5.41, 5.74) is 5.26. The van der Waals surface area contributed by atoms with Crippen LogP contribution in [0.4, 0.5) is 0 Å². The minimum atomic E-state index is -0.524. The van der Waals surface area contributed by atoms with E-state index < -0.39 is 5.91 Å². The fraction of sp³-hybridized carbons (Fsp3) is 0.500. The van der Waals surface area contributed by atoms with E-state index in [1.165, 1.54) is 12.7 Å². The Morgan fingerprint density at radius 1 is 1.67 bits per heavy atom. The number of nitrogens with two attached hydrogens (primary N) is 1. The van der Waals surface area contributed by atoms with Crippen molar-refractivity contribution >= 4 is 5.91 Å². The fourth-order valence-corrected chi connectivity index (χ4v) is 1.24. The molecule has 1 aliphatic rings. The van der Waals surface area contributed by atoms with Gasteiger partial charge in [0.05, 0.1) is 0 Å². The minimum absolute atomic E-state index is 0.233. The van der Waals surface area contributed by atoms with Crippen molar-refractivity contribution in [3.05, 3.63) is 17.8 Å². The average molecular weight is 166 g/mol. The van der Waals surface area contributed by atoms with Gasteiger partial charge in [0, 0.05) is 5.92 Å². The molecule has 64 valence electrons. The molecule has 0 saturated heterocycles. The predicted molar refractivity (Wildman–Crippen MR) is 41.6 cm³/mol. The summed E-state index contributed by atoms with van der Waals surface area (Å²) in [5, 5.41) is 0. The minimum Gasteiger partial charge on any atom is -0.448 e. The number of primary amides is 1. The molecule has 0 spiro atoms. The Bertz CT molecular complexity index is 302. The lowest BCUT2D eigenvalue weighted by Gasteiger charge is -2.21. The Balaban J connectivity index is 2.17. The van der Waals surface area contributed by atoms with Gasteiger partial charge in [-0.2, -0.15) is 0 Å². The third kappa shape index (κ3) is 1.09. The molecule has 12 heavy (non-hydrogen) atoms. The lowest BCUT2D eigenvalue weighted by molar-refractivity contribution is 0.0995. The van der Waals surface area contributed by atoms with E-state index in [4.69, 9.17) is 10.2 Å². The van der Waals surface area contributed by atoms with Crippen LogP contribution in [0, 0.1) is 0 Å². The number of amides is 1. The molecule has 0 aliphatic heterocycles. The molecule has 2 N–H and O–H groups in total. The normalized spacial score (nSPS) is 17.3. The number of carbonyl (C=O) groups excluding carboxylic acids is 1. The summed E-state index contributed by atoms with van der Waals surface area (Å²) in [6.07, 6.45) is 4.77. The van der Waals surface area contributed by atoms with E-state index >= 15 is 0 Å². The lowest BCUT2D eigenvalue weighted by Crippen LogP contribution is -2.13. The first-order chi connectivity index (χ1) is 5.77. The van der Waals surface area contributed by atoms with E-state index in [9.17, 15) is 4.79 Å². The van der Waals surface area contributed by atoms with Gasteiger partial charge in [0.2, 0.25) is 0 Å². The number of nitrogens with zero attached hydrogens (tertiary/aromatic N) is 1. The molecule has 1 amide bonds. The first-order valence-corrected chi connectivity index (χ1v) is 4.02.